The monoisotopic (exact) mass is 339 g/mol. The van der Waals surface area contributed by atoms with Crippen molar-refractivity contribution < 1.29 is 17.9 Å². The van der Waals surface area contributed by atoms with Gasteiger partial charge in [0.2, 0.25) is 5.88 Å². The van der Waals surface area contributed by atoms with Crippen molar-refractivity contribution in [3.8, 4) is 5.88 Å². The number of benzene rings is 1. The summed E-state index contributed by atoms with van der Waals surface area (Å²) in [5.74, 6) is 0.455. The van der Waals surface area contributed by atoms with Crippen molar-refractivity contribution in [3.05, 3.63) is 53.5 Å². The van der Waals surface area contributed by atoms with E-state index in [1.807, 2.05) is 0 Å². The third kappa shape index (κ3) is 4.92. The minimum Gasteiger partial charge on any atom is -0.472 e. The summed E-state index contributed by atoms with van der Waals surface area (Å²) < 4.78 is 43.4. The van der Waals surface area contributed by atoms with E-state index in [-0.39, 0.29) is 6.61 Å². The molecule has 2 rings (SSSR count). The van der Waals surface area contributed by atoms with Crippen LogP contribution < -0.4 is 4.74 Å². The molecular formula is C17H20F3N3O. The van der Waals surface area contributed by atoms with Crippen molar-refractivity contribution in [3.63, 3.8) is 0 Å². The van der Waals surface area contributed by atoms with E-state index < -0.39 is 11.7 Å². The molecule has 24 heavy (non-hydrogen) atoms. The van der Waals surface area contributed by atoms with Gasteiger partial charge in [-0.1, -0.05) is 26.0 Å². The summed E-state index contributed by atoms with van der Waals surface area (Å²) in [6.07, 6.45) is -1.23. The smallest absolute Gasteiger partial charge is 0.416 e. The Labute approximate surface area is 139 Å². The van der Waals surface area contributed by atoms with Crippen LogP contribution in [-0.4, -0.2) is 28.0 Å². The summed E-state index contributed by atoms with van der Waals surface area (Å²) in [5, 5.41) is 0. The number of halogens is 3. The van der Waals surface area contributed by atoms with Crippen LogP contribution in [0.2, 0.25) is 0 Å². The van der Waals surface area contributed by atoms with E-state index in [9.17, 15) is 13.2 Å². The van der Waals surface area contributed by atoms with Crippen LogP contribution in [-0.2, 0) is 19.3 Å². The average molecular weight is 339 g/mol. The molecule has 0 fully saturated rings. The minimum absolute atomic E-state index is 0.153. The lowest BCUT2D eigenvalue weighted by Gasteiger charge is -2.19. The summed E-state index contributed by atoms with van der Waals surface area (Å²) in [7, 11) is 0. The molecule has 0 amide bonds. The van der Waals surface area contributed by atoms with Gasteiger partial charge in [-0.2, -0.15) is 13.2 Å². The summed E-state index contributed by atoms with van der Waals surface area (Å²) in [6, 6.07) is 4.92. The first-order valence-electron chi connectivity index (χ1n) is 7.74. The second-order valence-electron chi connectivity index (χ2n) is 5.30. The zero-order valence-electron chi connectivity index (χ0n) is 13.7. The van der Waals surface area contributed by atoms with Crippen molar-refractivity contribution in [2.24, 2.45) is 0 Å². The fraction of sp³-hybridized carbons (Fsp3) is 0.412. The van der Waals surface area contributed by atoms with Crippen LogP contribution in [0.5, 0.6) is 5.88 Å². The maximum atomic E-state index is 12.6. The normalized spacial score (nSPS) is 11.8. The van der Waals surface area contributed by atoms with E-state index in [0.29, 0.717) is 18.0 Å². The van der Waals surface area contributed by atoms with Crippen molar-refractivity contribution in [1.29, 1.82) is 0 Å². The Morgan fingerprint density at radius 3 is 2.33 bits per heavy atom. The highest BCUT2D eigenvalue weighted by molar-refractivity contribution is 5.26. The summed E-state index contributed by atoms with van der Waals surface area (Å²) >= 11 is 0. The van der Waals surface area contributed by atoms with Crippen LogP contribution in [0, 0.1) is 0 Å². The van der Waals surface area contributed by atoms with Gasteiger partial charge in [-0.3, -0.25) is 4.90 Å². The summed E-state index contributed by atoms with van der Waals surface area (Å²) in [6.45, 7) is 6.73. The fourth-order valence-corrected chi connectivity index (χ4v) is 2.22. The van der Waals surface area contributed by atoms with E-state index in [4.69, 9.17) is 4.74 Å². The predicted octanol–water partition coefficient (Wildman–Crippen LogP) is 3.92. The predicted molar refractivity (Wildman–Crippen MR) is 84.4 cm³/mol. The molecular weight excluding hydrogens is 319 g/mol. The molecule has 0 N–H and O–H groups in total. The maximum Gasteiger partial charge on any atom is 0.416 e. The number of hydrogen-bond donors (Lipinski definition) is 0. The lowest BCUT2D eigenvalue weighted by atomic mass is 10.1. The second-order valence-corrected chi connectivity index (χ2v) is 5.30. The molecule has 1 heterocycles. The number of alkyl halides is 3. The van der Waals surface area contributed by atoms with Gasteiger partial charge in [0.25, 0.3) is 0 Å². The van der Waals surface area contributed by atoms with E-state index >= 15 is 0 Å². The first-order chi connectivity index (χ1) is 11.4. The van der Waals surface area contributed by atoms with Crippen LogP contribution in [0.4, 0.5) is 13.2 Å². The summed E-state index contributed by atoms with van der Waals surface area (Å²) in [5.41, 5.74) is 0.832. The van der Waals surface area contributed by atoms with Gasteiger partial charge in [-0.15, -0.1) is 0 Å². The quantitative estimate of drug-likeness (QED) is 0.766. The molecule has 1 aromatic carbocycles. The zero-order valence-corrected chi connectivity index (χ0v) is 13.7. The van der Waals surface area contributed by atoms with Gasteiger partial charge in [0.05, 0.1) is 5.56 Å². The third-order valence-electron chi connectivity index (χ3n) is 3.69. The lowest BCUT2D eigenvalue weighted by Crippen LogP contribution is -2.22. The first-order valence-corrected chi connectivity index (χ1v) is 7.74. The van der Waals surface area contributed by atoms with Gasteiger partial charge in [0.1, 0.15) is 12.9 Å². The Hall–Kier alpha value is -2.15. The molecule has 0 bridgehead atoms. The van der Waals surface area contributed by atoms with Gasteiger partial charge in [-0.05, 0) is 30.8 Å². The van der Waals surface area contributed by atoms with Gasteiger partial charge in [-0.25, -0.2) is 9.97 Å². The Morgan fingerprint density at radius 2 is 1.75 bits per heavy atom. The van der Waals surface area contributed by atoms with Crippen LogP contribution >= 0.6 is 0 Å². The van der Waals surface area contributed by atoms with Gasteiger partial charge < -0.3 is 4.74 Å². The molecule has 1 aromatic heterocycles. The summed E-state index contributed by atoms with van der Waals surface area (Å²) in [4.78, 5) is 10.3. The SMILES string of the molecule is CCN(CC)Cc1cncnc1OCc1ccc(C(F)(F)F)cc1. The topological polar surface area (TPSA) is 38.2 Å². The Bertz CT molecular complexity index is 640. The highest BCUT2D eigenvalue weighted by Crippen LogP contribution is 2.29. The highest BCUT2D eigenvalue weighted by atomic mass is 19.4. The van der Waals surface area contributed by atoms with E-state index in [1.165, 1.54) is 18.5 Å². The number of aromatic nitrogens is 2. The molecule has 0 saturated heterocycles. The number of hydrogen-bond acceptors (Lipinski definition) is 4. The third-order valence-corrected chi connectivity index (χ3v) is 3.69. The largest absolute Gasteiger partial charge is 0.472 e. The Morgan fingerprint density at radius 1 is 1.08 bits per heavy atom. The molecule has 0 radical (unpaired) electrons. The van der Waals surface area contributed by atoms with Crippen molar-refractivity contribution in [2.45, 2.75) is 33.2 Å². The van der Waals surface area contributed by atoms with E-state index in [1.54, 1.807) is 6.20 Å². The molecule has 0 atom stereocenters. The molecule has 0 aliphatic heterocycles. The average Bonchev–Trinajstić information content (AvgIpc) is 2.58. The van der Waals surface area contributed by atoms with Crippen molar-refractivity contribution in [1.82, 2.24) is 14.9 Å². The molecule has 4 nitrogen and oxygen atoms in total. The molecule has 0 aliphatic carbocycles. The molecule has 0 unspecified atom stereocenters. The van der Waals surface area contributed by atoms with Crippen LogP contribution in [0.3, 0.4) is 0 Å². The van der Waals surface area contributed by atoms with Crippen molar-refractivity contribution in [2.75, 3.05) is 13.1 Å². The Kier molecular flexibility index (Phi) is 6.14. The highest BCUT2D eigenvalue weighted by Gasteiger charge is 2.29. The van der Waals surface area contributed by atoms with Gasteiger partial charge in [0.15, 0.2) is 0 Å². The van der Waals surface area contributed by atoms with Crippen LogP contribution in [0.25, 0.3) is 0 Å². The molecule has 0 aliphatic rings. The lowest BCUT2D eigenvalue weighted by molar-refractivity contribution is -0.137. The van der Waals surface area contributed by atoms with Crippen LogP contribution in [0.1, 0.15) is 30.5 Å². The standard InChI is InChI=1S/C17H20F3N3O/c1-3-23(4-2)10-14-9-21-12-22-16(14)24-11-13-5-7-15(8-6-13)17(18,19)20/h5-9,12H,3-4,10-11H2,1-2H3. The molecule has 0 spiro atoms. The molecule has 7 heteroatoms. The van der Waals surface area contributed by atoms with Gasteiger partial charge >= 0.3 is 6.18 Å². The van der Waals surface area contributed by atoms with E-state index in [2.05, 4.69) is 28.7 Å². The fourth-order valence-electron chi connectivity index (χ4n) is 2.22. The van der Waals surface area contributed by atoms with E-state index in [0.717, 1.165) is 30.8 Å². The number of ether oxygens (including phenoxy) is 1. The molecule has 0 saturated carbocycles. The van der Waals surface area contributed by atoms with Gasteiger partial charge in [0, 0.05) is 18.3 Å². The second kappa shape index (κ2) is 8.10. The Balaban J connectivity index is 2.04. The zero-order chi connectivity index (χ0) is 17.6. The number of rotatable bonds is 7. The first kappa shape index (κ1) is 18.2. The number of nitrogens with zero attached hydrogens (tertiary/aromatic N) is 3. The molecule has 2 aromatic rings. The van der Waals surface area contributed by atoms with Crippen molar-refractivity contribution >= 4 is 0 Å². The minimum atomic E-state index is -4.33. The maximum absolute atomic E-state index is 12.6. The van der Waals surface area contributed by atoms with Crippen LogP contribution in [0.15, 0.2) is 36.8 Å². The molecule has 130 valence electrons.